The minimum absolute atomic E-state index is 0.434. The summed E-state index contributed by atoms with van der Waals surface area (Å²) in [5, 5.41) is 0. The summed E-state index contributed by atoms with van der Waals surface area (Å²) in [6.07, 6.45) is -4.07. The van der Waals surface area contributed by atoms with Gasteiger partial charge in [-0.05, 0) is 6.42 Å². The molecule has 0 spiro atoms. The molecule has 0 aromatic carbocycles. The molecule has 18 heavy (non-hydrogen) atoms. The van der Waals surface area contributed by atoms with E-state index in [1.807, 2.05) is 0 Å². The highest BCUT2D eigenvalue weighted by molar-refractivity contribution is 5.85. The molecular formula is C11H19F3N2O2. The highest BCUT2D eigenvalue weighted by atomic mass is 19.4. The third-order valence-corrected chi connectivity index (χ3v) is 2.54. The Morgan fingerprint density at radius 2 is 1.72 bits per heavy atom. The van der Waals surface area contributed by atoms with E-state index in [1.165, 1.54) is 14.1 Å². The molecule has 0 saturated carbocycles. The van der Waals surface area contributed by atoms with Crippen molar-refractivity contribution in [1.29, 1.82) is 0 Å². The van der Waals surface area contributed by atoms with Gasteiger partial charge in [0, 0.05) is 20.0 Å². The molecule has 0 bridgehead atoms. The maximum atomic E-state index is 12.4. The number of rotatable bonds is 5. The molecule has 0 saturated heterocycles. The van der Waals surface area contributed by atoms with Crippen molar-refractivity contribution in [1.82, 2.24) is 9.80 Å². The molecule has 0 N–H and O–H groups in total. The Kier molecular flexibility index (Phi) is 6.14. The standard InChI is InChI=1S/C11H19F3N2O2/c1-5-8(2)10(18)16(7-11(12,13)14)6-9(17)15(3)4/h8H,5-7H2,1-4H3. The molecule has 0 aromatic rings. The van der Waals surface area contributed by atoms with Gasteiger partial charge in [0.25, 0.3) is 0 Å². The number of hydrogen-bond donors (Lipinski definition) is 0. The summed E-state index contributed by atoms with van der Waals surface area (Å²) in [5.74, 6) is -1.71. The topological polar surface area (TPSA) is 40.6 Å². The first kappa shape index (κ1) is 16.7. The van der Waals surface area contributed by atoms with Crippen molar-refractivity contribution < 1.29 is 22.8 Å². The summed E-state index contributed by atoms with van der Waals surface area (Å²) >= 11 is 0. The average molecular weight is 268 g/mol. The molecule has 0 heterocycles. The smallest absolute Gasteiger partial charge is 0.347 e. The van der Waals surface area contributed by atoms with Crippen molar-refractivity contribution in [2.24, 2.45) is 5.92 Å². The second-order valence-corrected chi connectivity index (χ2v) is 4.41. The van der Waals surface area contributed by atoms with E-state index in [4.69, 9.17) is 0 Å². The monoisotopic (exact) mass is 268 g/mol. The zero-order chi connectivity index (χ0) is 14.5. The molecule has 0 aliphatic carbocycles. The molecule has 1 atom stereocenters. The predicted molar refractivity (Wildman–Crippen MR) is 60.8 cm³/mol. The van der Waals surface area contributed by atoms with Crippen molar-refractivity contribution in [2.75, 3.05) is 27.2 Å². The largest absolute Gasteiger partial charge is 0.406 e. The zero-order valence-electron chi connectivity index (χ0n) is 11.0. The molecule has 0 aliphatic heterocycles. The molecule has 0 aliphatic rings. The van der Waals surface area contributed by atoms with Crippen LogP contribution in [0, 0.1) is 5.92 Å². The molecule has 4 nitrogen and oxygen atoms in total. The maximum Gasteiger partial charge on any atom is 0.406 e. The lowest BCUT2D eigenvalue weighted by molar-refractivity contribution is -0.166. The van der Waals surface area contributed by atoms with E-state index >= 15 is 0 Å². The van der Waals surface area contributed by atoms with Gasteiger partial charge in [0.2, 0.25) is 11.8 Å². The molecule has 1 unspecified atom stereocenters. The number of carbonyl (C=O) groups is 2. The third-order valence-electron chi connectivity index (χ3n) is 2.54. The molecule has 0 aromatic heterocycles. The van der Waals surface area contributed by atoms with Crippen LogP contribution in [0.3, 0.4) is 0 Å². The highest BCUT2D eigenvalue weighted by Crippen LogP contribution is 2.18. The number of halogens is 3. The Hall–Kier alpha value is -1.27. The lowest BCUT2D eigenvalue weighted by atomic mass is 10.1. The van der Waals surface area contributed by atoms with Crippen molar-refractivity contribution in [3.8, 4) is 0 Å². The maximum absolute atomic E-state index is 12.4. The van der Waals surface area contributed by atoms with Crippen molar-refractivity contribution >= 4 is 11.8 Å². The van der Waals surface area contributed by atoms with Crippen LogP contribution < -0.4 is 0 Å². The first-order chi connectivity index (χ1) is 8.08. The van der Waals surface area contributed by atoms with Crippen molar-refractivity contribution in [3.63, 3.8) is 0 Å². The van der Waals surface area contributed by atoms with Crippen LogP contribution in [0.2, 0.25) is 0 Å². The lowest BCUT2D eigenvalue weighted by Gasteiger charge is -2.27. The fourth-order valence-corrected chi connectivity index (χ4v) is 1.22. The van der Waals surface area contributed by atoms with Crippen LogP contribution >= 0.6 is 0 Å². The number of carbonyl (C=O) groups excluding carboxylic acids is 2. The summed E-state index contributed by atoms with van der Waals surface area (Å²) in [7, 11) is 2.86. The Morgan fingerprint density at radius 1 is 1.22 bits per heavy atom. The van der Waals surface area contributed by atoms with Gasteiger partial charge in [-0.15, -0.1) is 0 Å². The fourth-order valence-electron chi connectivity index (χ4n) is 1.22. The van der Waals surface area contributed by atoms with Gasteiger partial charge in [0.05, 0.1) is 0 Å². The minimum Gasteiger partial charge on any atom is -0.347 e. The predicted octanol–water partition coefficient (Wildman–Crippen LogP) is 1.51. The van der Waals surface area contributed by atoms with Gasteiger partial charge in [-0.2, -0.15) is 13.2 Å². The molecular weight excluding hydrogens is 249 g/mol. The average Bonchev–Trinajstić information content (AvgIpc) is 2.23. The number of nitrogens with zero attached hydrogens (tertiary/aromatic N) is 2. The van der Waals surface area contributed by atoms with Crippen molar-refractivity contribution in [3.05, 3.63) is 0 Å². The molecule has 7 heteroatoms. The van der Waals surface area contributed by atoms with Gasteiger partial charge in [-0.25, -0.2) is 0 Å². The summed E-state index contributed by atoms with van der Waals surface area (Å²) < 4.78 is 37.1. The van der Waals surface area contributed by atoms with E-state index in [2.05, 4.69) is 0 Å². The van der Waals surface area contributed by atoms with Crippen LogP contribution in [0.4, 0.5) is 13.2 Å². The summed E-state index contributed by atoms with van der Waals surface area (Å²) in [4.78, 5) is 24.9. The zero-order valence-corrected chi connectivity index (χ0v) is 11.0. The first-order valence-corrected chi connectivity index (χ1v) is 5.64. The van der Waals surface area contributed by atoms with E-state index in [0.717, 1.165) is 4.90 Å². The normalized spacial score (nSPS) is 13.1. The SMILES string of the molecule is CCC(C)C(=O)N(CC(=O)N(C)C)CC(F)(F)F. The Labute approximate surface area is 105 Å². The highest BCUT2D eigenvalue weighted by Gasteiger charge is 2.35. The summed E-state index contributed by atoms with van der Waals surface area (Å²) in [5.41, 5.74) is 0. The summed E-state index contributed by atoms with van der Waals surface area (Å²) in [6, 6.07) is 0. The van der Waals surface area contributed by atoms with Crippen LogP contribution in [-0.4, -0.2) is 55.0 Å². The second kappa shape index (κ2) is 6.61. The van der Waals surface area contributed by atoms with Crippen LogP contribution in [-0.2, 0) is 9.59 Å². The van der Waals surface area contributed by atoms with Gasteiger partial charge in [0.1, 0.15) is 13.1 Å². The Balaban J connectivity index is 4.83. The van der Waals surface area contributed by atoms with Crippen LogP contribution in [0.1, 0.15) is 20.3 Å². The van der Waals surface area contributed by atoms with Gasteiger partial charge in [-0.3, -0.25) is 9.59 Å². The van der Waals surface area contributed by atoms with Gasteiger partial charge in [-0.1, -0.05) is 13.8 Å². The summed E-state index contributed by atoms with van der Waals surface area (Å²) in [6.45, 7) is 1.32. The van der Waals surface area contributed by atoms with E-state index in [9.17, 15) is 22.8 Å². The quantitative estimate of drug-likeness (QED) is 0.758. The molecule has 0 fully saturated rings. The van der Waals surface area contributed by atoms with E-state index in [0.29, 0.717) is 11.3 Å². The van der Waals surface area contributed by atoms with Gasteiger partial charge >= 0.3 is 6.18 Å². The number of alkyl halides is 3. The van der Waals surface area contributed by atoms with Gasteiger partial charge < -0.3 is 9.80 Å². The van der Waals surface area contributed by atoms with Crippen molar-refractivity contribution in [2.45, 2.75) is 26.4 Å². The first-order valence-electron chi connectivity index (χ1n) is 5.64. The third kappa shape index (κ3) is 5.88. The Bertz CT molecular complexity index is 303. The minimum atomic E-state index is -4.50. The Morgan fingerprint density at radius 3 is 2.06 bits per heavy atom. The molecule has 106 valence electrons. The van der Waals surface area contributed by atoms with Gasteiger partial charge in [0.15, 0.2) is 0 Å². The van der Waals surface area contributed by atoms with E-state index < -0.39 is 37.0 Å². The molecule has 0 radical (unpaired) electrons. The van der Waals surface area contributed by atoms with E-state index in [-0.39, 0.29) is 0 Å². The number of amides is 2. The number of hydrogen-bond acceptors (Lipinski definition) is 2. The number of likely N-dealkylation sites (N-methyl/N-ethyl adjacent to an activating group) is 1. The molecule has 0 rings (SSSR count). The van der Waals surface area contributed by atoms with Crippen LogP contribution in [0.25, 0.3) is 0 Å². The van der Waals surface area contributed by atoms with Crippen LogP contribution in [0.5, 0.6) is 0 Å². The second-order valence-electron chi connectivity index (χ2n) is 4.41. The fraction of sp³-hybridized carbons (Fsp3) is 0.818. The van der Waals surface area contributed by atoms with E-state index in [1.54, 1.807) is 13.8 Å². The van der Waals surface area contributed by atoms with Crippen LogP contribution in [0.15, 0.2) is 0 Å². The lowest BCUT2D eigenvalue weighted by Crippen LogP contribution is -2.46. The molecule has 2 amide bonds.